The van der Waals surface area contributed by atoms with Crippen molar-refractivity contribution in [1.29, 1.82) is 0 Å². The first-order valence-electron chi connectivity index (χ1n) is 12.1. The minimum absolute atomic E-state index is 0.0201. The van der Waals surface area contributed by atoms with Gasteiger partial charge in [-0.3, -0.25) is 9.36 Å². The molecule has 3 aliphatic carbocycles. The van der Waals surface area contributed by atoms with Crippen molar-refractivity contribution in [3.05, 3.63) is 35.4 Å². The van der Waals surface area contributed by atoms with Crippen LogP contribution < -0.4 is 10.6 Å². The van der Waals surface area contributed by atoms with Crippen LogP contribution in [0.3, 0.4) is 0 Å². The third kappa shape index (κ3) is 3.08. The highest BCUT2D eigenvalue weighted by Crippen LogP contribution is 2.52. The Morgan fingerprint density at radius 1 is 1.09 bits per heavy atom. The van der Waals surface area contributed by atoms with Gasteiger partial charge in [0.15, 0.2) is 5.65 Å². The van der Waals surface area contributed by atoms with Crippen LogP contribution >= 0.6 is 0 Å². The van der Waals surface area contributed by atoms with Gasteiger partial charge in [0.1, 0.15) is 0 Å². The molecule has 3 saturated carbocycles. The van der Waals surface area contributed by atoms with E-state index in [1.807, 2.05) is 17.9 Å². The van der Waals surface area contributed by atoms with Crippen molar-refractivity contribution in [3.63, 3.8) is 0 Å². The lowest BCUT2D eigenvalue weighted by Gasteiger charge is -2.51. The van der Waals surface area contributed by atoms with Crippen LogP contribution in [-0.2, 0) is 25.6 Å². The van der Waals surface area contributed by atoms with Gasteiger partial charge in [-0.2, -0.15) is 10.2 Å². The molecule has 1 aliphatic heterocycles. The van der Waals surface area contributed by atoms with Crippen LogP contribution in [0.25, 0.3) is 11.0 Å². The Balaban J connectivity index is 1.32. The van der Waals surface area contributed by atoms with E-state index in [4.69, 9.17) is 15.8 Å². The number of nitrogens with two attached hydrogens (primary N) is 1. The molecule has 0 aromatic carbocycles. The summed E-state index contributed by atoms with van der Waals surface area (Å²) in [5, 5.41) is 10.8. The molecule has 0 amide bonds. The molecule has 2 bridgehead atoms. The molecule has 0 unspecified atom stereocenters. The first-order chi connectivity index (χ1) is 15.2. The van der Waals surface area contributed by atoms with Crippen LogP contribution in [-0.4, -0.2) is 36.6 Å². The summed E-state index contributed by atoms with van der Waals surface area (Å²) in [5.74, 6) is 0. The van der Waals surface area contributed by atoms with Gasteiger partial charge >= 0.3 is 0 Å². The monoisotopic (exact) mass is 433 g/mol. The van der Waals surface area contributed by atoms with Crippen LogP contribution in [0.1, 0.15) is 69.3 Å². The zero-order valence-corrected chi connectivity index (χ0v) is 19.9. The van der Waals surface area contributed by atoms with Crippen LogP contribution in [0.5, 0.6) is 0 Å². The molecule has 0 radical (unpaired) electrons. The molecule has 0 atom stereocenters. The Morgan fingerprint density at radius 3 is 2.53 bits per heavy atom. The van der Waals surface area contributed by atoms with Gasteiger partial charge in [0.2, 0.25) is 0 Å². The highest BCUT2D eigenvalue weighted by molar-refractivity contribution is 5.89. The van der Waals surface area contributed by atoms with E-state index >= 15 is 0 Å². The summed E-state index contributed by atoms with van der Waals surface area (Å²) in [4.78, 5) is 7.21. The molecule has 3 fully saturated rings. The van der Waals surface area contributed by atoms with E-state index in [9.17, 15) is 0 Å². The largest absolute Gasteiger partial charge is 0.365 e. The fourth-order valence-electron chi connectivity index (χ4n) is 6.57. The highest BCUT2D eigenvalue weighted by Gasteiger charge is 2.47. The molecule has 4 aliphatic rings. The van der Waals surface area contributed by atoms with Crippen LogP contribution in [0.15, 0.2) is 18.5 Å². The quantitative estimate of drug-likeness (QED) is 0.679. The molecule has 170 valence electrons. The first-order valence-corrected chi connectivity index (χ1v) is 12.1. The number of aromatic nitrogens is 5. The maximum atomic E-state index is 6.55. The minimum Gasteiger partial charge on any atom is -0.365 e. The summed E-state index contributed by atoms with van der Waals surface area (Å²) in [6, 6.07) is 2.21. The molecular formula is C25H35N7. The second-order valence-corrected chi connectivity index (χ2v) is 11.6. The fourth-order valence-corrected chi connectivity index (χ4v) is 6.57. The summed E-state index contributed by atoms with van der Waals surface area (Å²) in [7, 11) is 1.96. The molecule has 7 heteroatoms. The van der Waals surface area contributed by atoms with Gasteiger partial charge in [-0.25, -0.2) is 4.98 Å². The molecule has 3 aromatic rings. The maximum absolute atomic E-state index is 6.55. The number of aryl methyl sites for hydroxylation is 2. The first kappa shape index (κ1) is 20.2. The number of hydrogen-bond acceptors (Lipinski definition) is 5. The SMILES string of the molecule is Cc1cc(N2Cc3cn(CC45CCC(N)(CC4)CC5)nc3C(C)(C)C2)c2cnn(C)c2n1. The van der Waals surface area contributed by atoms with Crippen LogP contribution in [0, 0.1) is 12.3 Å². The van der Waals surface area contributed by atoms with Gasteiger partial charge in [0.25, 0.3) is 0 Å². The van der Waals surface area contributed by atoms with Crippen molar-refractivity contribution in [3.8, 4) is 0 Å². The molecule has 7 nitrogen and oxygen atoms in total. The zero-order valence-electron chi connectivity index (χ0n) is 19.9. The van der Waals surface area contributed by atoms with Gasteiger partial charge < -0.3 is 10.6 Å². The predicted molar refractivity (Wildman–Crippen MR) is 127 cm³/mol. The standard InChI is InChI=1S/C25H35N7/c1-17-11-20(19-12-27-30(4)22(19)28-17)31-13-18-14-32(29-21(18)23(2,3)15-31)16-24-5-8-25(26,9-6-24)10-7-24/h11-12,14H,5-10,13,15-16,26H2,1-4H3. The fraction of sp³-hybridized carbons (Fsp3) is 0.640. The summed E-state index contributed by atoms with van der Waals surface area (Å²) >= 11 is 0. The van der Waals surface area contributed by atoms with Gasteiger partial charge in [-0.15, -0.1) is 0 Å². The lowest BCUT2D eigenvalue weighted by Crippen LogP contribution is -2.53. The predicted octanol–water partition coefficient (Wildman–Crippen LogP) is 3.82. The number of fused-ring (bicyclic) bond motifs is 5. The topological polar surface area (TPSA) is 77.8 Å². The van der Waals surface area contributed by atoms with E-state index in [2.05, 4.69) is 47.7 Å². The normalized spacial score (nSPS) is 29.0. The highest BCUT2D eigenvalue weighted by atomic mass is 15.3. The number of hydrogen-bond donors (Lipinski definition) is 1. The van der Waals surface area contributed by atoms with Gasteiger partial charge in [0.05, 0.1) is 23.0 Å². The number of nitrogens with zero attached hydrogens (tertiary/aromatic N) is 6. The van der Waals surface area contributed by atoms with E-state index in [0.29, 0.717) is 5.41 Å². The molecule has 2 N–H and O–H groups in total. The average Bonchev–Trinajstić information content (AvgIpc) is 3.32. The minimum atomic E-state index is -0.0201. The van der Waals surface area contributed by atoms with Crippen molar-refractivity contribution >= 4 is 16.7 Å². The van der Waals surface area contributed by atoms with E-state index in [1.165, 1.54) is 55.5 Å². The van der Waals surface area contributed by atoms with E-state index < -0.39 is 0 Å². The number of rotatable bonds is 3. The van der Waals surface area contributed by atoms with Crippen molar-refractivity contribution in [2.75, 3.05) is 11.4 Å². The van der Waals surface area contributed by atoms with Gasteiger partial charge in [-0.05, 0) is 56.9 Å². The molecule has 0 saturated heterocycles. The number of anilines is 1. The molecule has 0 spiro atoms. The van der Waals surface area contributed by atoms with Crippen molar-refractivity contribution in [1.82, 2.24) is 24.5 Å². The smallest absolute Gasteiger partial charge is 0.159 e. The lowest BCUT2D eigenvalue weighted by atomic mass is 9.57. The van der Waals surface area contributed by atoms with E-state index in [1.54, 1.807) is 0 Å². The third-order valence-corrected chi connectivity index (χ3v) is 8.53. The van der Waals surface area contributed by atoms with Crippen LogP contribution in [0.4, 0.5) is 5.69 Å². The summed E-state index contributed by atoms with van der Waals surface area (Å²) in [6.07, 6.45) is 11.6. The Morgan fingerprint density at radius 2 is 1.81 bits per heavy atom. The van der Waals surface area contributed by atoms with Crippen molar-refractivity contribution in [2.24, 2.45) is 18.2 Å². The Bertz CT molecular complexity index is 1180. The summed E-state index contributed by atoms with van der Waals surface area (Å²) in [5.41, 5.74) is 12.9. The average molecular weight is 434 g/mol. The maximum Gasteiger partial charge on any atom is 0.159 e. The van der Waals surface area contributed by atoms with E-state index in [0.717, 1.165) is 36.4 Å². The molecule has 3 aromatic heterocycles. The Labute approximate surface area is 190 Å². The van der Waals surface area contributed by atoms with Gasteiger partial charge in [0, 0.05) is 55.1 Å². The molecule has 32 heavy (non-hydrogen) atoms. The summed E-state index contributed by atoms with van der Waals surface area (Å²) in [6.45, 7) is 9.57. The zero-order chi connectivity index (χ0) is 22.3. The van der Waals surface area contributed by atoms with Crippen molar-refractivity contribution < 1.29 is 0 Å². The summed E-state index contributed by atoms with van der Waals surface area (Å²) < 4.78 is 4.14. The van der Waals surface area contributed by atoms with Crippen molar-refractivity contribution in [2.45, 2.75) is 83.3 Å². The molecule has 4 heterocycles. The Hall–Kier alpha value is -2.41. The van der Waals surface area contributed by atoms with Gasteiger partial charge in [-0.1, -0.05) is 13.8 Å². The lowest BCUT2D eigenvalue weighted by molar-refractivity contribution is 0.0269. The Kier molecular flexibility index (Phi) is 4.15. The third-order valence-electron chi connectivity index (χ3n) is 8.53. The van der Waals surface area contributed by atoms with Crippen LogP contribution in [0.2, 0.25) is 0 Å². The molecular weight excluding hydrogens is 398 g/mol. The second kappa shape index (κ2) is 6.56. The molecule has 7 rings (SSSR count). The number of pyridine rings is 1. The van der Waals surface area contributed by atoms with E-state index in [-0.39, 0.29) is 11.0 Å². The second-order valence-electron chi connectivity index (χ2n) is 11.6.